The maximum atomic E-state index is 10.6. The number of nitro benzene ring substituents is 1. The summed E-state index contributed by atoms with van der Waals surface area (Å²) < 4.78 is 5.63. The summed E-state index contributed by atoms with van der Waals surface area (Å²) in [4.78, 5) is 16.2. The highest BCUT2D eigenvalue weighted by Crippen LogP contribution is 2.28. The van der Waals surface area contributed by atoms with E-state index >= 15 is 0 Å². The van der Waals surface area contributed by atoms with Gasteiger partial charge in [0.2, 0.25) is 17.5 Å². The van der Waals surface area contributed by atoms with Crippen LogP contribution in [0.2, 0.25) is 0 Å². The van der Waals surface area contributed by atoms with Gasteiger partial charge in [-0.1, -0.05) is 6.07 Å². The van der Waals surface area contributed by atoms with Crippen molar-refractivity contribution >= 4 is 34.7 Å². The Balaban J connectivity index is 1.55. The molecule has 2 aromatic heterocycles. The van der Waals surface area contributed by atoms with Crippen molar-refractivity contribution in [2.75, 3.05) is 17.6 Å². The maximum Gasteiger partial charge on any atom is 0.269 e. The molecule has 0 aliphatic rings. The first kappa shape index (κ1) is 17.0. The van der Waals surface area contributed by atoms with E-state index in [-0.39, 0.29) is 11.4 Å². The van der Waals surface area contributed by atoms with Crippen molar-refractivity contribution in [3.05, 3.63) is 57.6 Å². The van der Waals surface area contributed by atoms with Crippen LogP contribution in [0, 0.1) is 21.4 Å². The molecule has 0 amide bonds. The number of nitro groups is 1. The highest BCUT2D eigenvalue weighted by molar-refractivity contribution is 7.99. The second kappa shape index (κ2) is 7.83. The SMILES string of the molecule is N#Cc1nc(-c2cccs2)oc1NCCSc1ccc([N+](=O)[O-])cc1. The van der Waals surface area contributed by atoms with Gasteiger partial charge in [-0.2, -0.15) is 10.2 Å². The van der Waals surface area contributed by atoms with Crippen molar-refractivity contribution < 1.29 is 9.34 Å². The second-order valence-corrected chi connectivity index (χ2v) is 6.93. The minimum Gasteiger partial charge on any atom is -0.418 e. The Morgan fingerprint density at radius 1 is 1.36 bits per heavy atom. The van der Waals surface area contributed by atoms with Crippen LogP contribution in [0.25, 0.3) is 10.8 Å². The van der Waals surface area contributed by atoms with E-state index in [0.29, 0.717) is 24.1 Å². The minimum absolute atomic E-state index is 0.0731. The van der Waals surface area contributed by atoms with Gasteiger partial charge in [0.1, 0.15) is 6.07 Å². The first-order valence-corrected chi connectivity index (χ1v) is 9.10. The van der Waals surface area contributed by atoms with Crippen molar-refractivity contribution in [3.8, 4) is 16.8 Å². The molecule has 0 spiro atoms. The number of rotatable bonds is 7. The molecule has 1 N–H and O–H groups in total. The number of anilines is 1. The molecule has 126 valence electrons. The lowest BCUT2D eigenvalue weighted by atomic mass is 10.3. The molecule has 0 bridgehead atoms. The van der Waals surface area contributed by atoms with Crippen LogP contribution in [-0.2, 0) is 0 Å². The largest absolute Gasteiger partial charge is 0.418 e. The molecule has 0 fully saturated rings. The van der Waals surface area contributed by atoms with Crippen LogP contribution in [0.3, 0.4) is 0 Å². The fourth-order valence-corrected chi connectivity index (χ4v) is 3.44. The minimum atomic E-state index is -0.422. The van der Waals surface area contributed by atoms with E-state index in [1.165, 1.54) is 23.5 Å². The van der Waals surface area contributed by atoms with Gasteiger partial charge in [0.25, 0.3) is 5.69 Å². The zero-order valence-corrected chi connectivity index (χ0v) is 14.5. The Morgan fingerprint density at radius 2 is 2.16 bits per heavy atom. The number of nitrogens with zero attached hydrogens (tertiary/aromatic N) is 3. The zero-order chi connectivity index (χ0) is 17.6. The van der Waals surface area contributed by atoms with Gasteiger partial charge in [0.05, 0.1) is 9.80 Å². The molecule has 0 saturated heterocycles. The van der Waals surface area contributed by atoms with E-state index in [0.717, 1.165) is 9.77 Å². The van der Waals surface area contributed by atoms with E-state index in [4.69, 9.17) is 9.68 Å². The predicted octanol–water partition coefficient (Wildman–Crippen LogP) is 4.39. The molecule has 0 radical (unpaired) electrons. The third-order valence-electron chi connectivity index (χ3n) is 3.17. The van der Waals surface area contributed by atoms with E-state index in [2.05, 4.69) is 10.3 Å². The summed E-state index contributed by atoms with van der Waals surface area (Å²) in [6, 6.07) is 12.2. The number of thioether (sulfide) groups is 1. The summed E-state index contributed by atoms with van der Waals surface area (Å²) in [5.41, 5.74) is 0.299. The van der Waals surface area contributed by atoms with Crippen LogP contribution < -0.4 is 5.32 Å². The number of benzene rings is 1. The van der Waals surface area contributed by atoms with Gasteiger partial charge in [0.15, 0.2) is 0 Å². The molecule has 2 heterocycles. The third-order valence-corrected chi connectivity index (χ3v) is 5.04. The summed E-state index contributed by atoms with van der Waals surface area (Å²) in [6.07, 6.45) is 0. The molecule has 0 saturated carbocycles. The van der Waals surface area contributed by atoms with Crippen LogP contribution in [0.5, 0.6) is 0 Å². The smallest absolute Gasteiger partial charge is 0.269 e. The van der Waals surface area contributed by atoms with Crippen molar-refractivity contribution in [3.63, 3.8) is 0 Å². The standard InChI is InChI=1S/C16H12N4O3S2/c17-10-13-15(23-16(19-13)14-2-1-8-25-14)18-7-9-24-12-5-3-11(4-6-12)20(21)22/h1-6,8,18H,7,9H2. The number of aromatic nitrogens is 1. The average molecular weight is 372 g/mol. The molecule has 7 nitrogen and oxygen atoms in total. The zero-order valence-electron chi connectivity index (χ0n) is 12.8. The van der Waals surface area contributed by atoms with Gasteiger partial charge in [0, 0.05) is 29.3 Å². The first-order chi connectivity index (χ1) is 12.2. The van der Waals surface area contributed by atoms with E-state index in [1.807, 2.05) is 23.6 Å². The van der Waals surface area contributed by atoms with Gasteiger partial charge in [-0.05, 0) is 23.6 Å². The van der Waals surface area contributed by atoms with Crippen LogP contribution >= 0.6 is 23.1 Å². The summed E-state index contributed by atoms with van der Waals surface area (Å²) in [7, 11) is 0. The van der Waals surface area contributed by atoms with Gasteiger partial charge in [-0.3, -0.25) is 10.1 Å². The molecule has 0 aliphatic carbocycles. The normalized spacial score (nSPS) is 10.4. The molecule has 1 aromatic carbocycles. The number of hydrogen-bond donors (Lipinski definition) is 1. The quantitative estimate of drug-likeness (QED) is 0.284. The van der Waals surface area contributed by atoms with Gasteiger partial charge < -0.3 is 9.73 Å². The molecular formula is C16H12N4O3S2. The highest BCUT2D eigenvalue weighted by atomic mass is 32.2. The summed E-state index contributed by atoms with van der Waals surface area (Å²) in [5, 5.41) is 24.8. The van der Waals surface area contributed by atoms with Gasteiger partial charge in [-0.25, -0.2) is 0 Å². The second-order valence-electron chi connectivity index (χ2n) is 4.81. The van der Waals surface area contributed by atoms with Crippen molar-refractivity contribution in [2.24, 2.45) is 0 Å². The van der Waals surface area contributed by atoms with Crippen LogP contribution in [0.1, 0.15) is 5.69 Å². The van der Waals surface area contributed by atoms with Gasteiger partial charge >= 0.3 is 0 Å². The van der Waals surface area contributed by atoms with E-state index < -0.39 is 4.92 Å². The number of non-ortho nitro benzene ring substituents is 1. The third kappa shape index (κ3) is 4.17. The summed E-state index contributed by atoms with van der Waals surface area (Å²) in [6.45, 7) is 0.565. The fourth-order valence-electron chi connectivity index (χ4n) is 2.02. The average Bonchev–Trinajstić information content (AvgIpc) is 3.28. The molecule has 3 rings (SSSR count). The number of thiophene rings is 1. The molecule has 25 heavy (non-hydrogen) atoms. The van der Waals surface area contributed by atoms with Gasteiger partial charge in [-0.15, -0.1) is 23.1 Å². The van der Waals surface area contributed by atoms with Crippen LogP contribution in [-0.4, -0.2) is 22.2 Å². The Hall–Kier alpha value is -2.83. The fraction of sp³-hybridized carbons (Fsp3) is 0.125. The first-order valence-electron chi connectivity index (χ1n) is 7.23. The number of hydrogen-bond acceptors (Lipinski definition) is 8. The topological polar surface area (TPSA) is 105 Å². The Kier molecular flexibility index (Phi) is 5.33. The molecule has 0 unspecified atom stereocenters. The maximum absolute atomic E-state index is 10.6. The monoisotopic (exact) mass is 372 g/mol. The van der Waals surface area contributed by atoms with Crippen molar-refractivity contribution in [1.29, 1.82) is 5.26 Å². The van der Waals surface area contributed by atoms with E-state index in [9.17, 15) is 10.1 Å². The molecule has 0 aliphatic heterocycles. The Morgan fingerprint density at radius 3 is 2.80 bits per heavy atom. The summed E-state index contributed by atoms with van der Waals surface area (Å²) in [5.74, 6) is 1.49. The van der Waals surface area contributed by atoms with Crippen molar-refractivity contribution in [2.45, 2.75) is 4.90 Å². The molecule has 3 aromatic rings. The Bertz CT molecular complexity index is 899. The lowest BCUT2D eigenvalue weighted by molar-refractivity contribution is -0.384. The number of nitriles is 1. The summed E-state index contributed by atoms with van der Waals surface area (Å²) >= 11 is 3.04. The molecule has 9 heteroatoms. The Labute approximate surface area is 151 Å². The predicted molar refractivity (Wildman–Crippen MR) is 96.8 cm³/mol. The van der Waals surface area contributed by atoms with Crippen LogP contribution in [0.15, 0.2) is 51.1 Å². The van der Waals surface area contributed by atoms with Crippen molar-refractivity contribution in [1.82, 2.24) is 4.98 Å². The molecule has 0 atom stereocenters. The lowest BCUT2D eigenvalue weighted by Crippen LogP contribution is -2.04. The van der Waals surface area contributed by atoms with Crippen LogP contribution in [0.4, 0.5) is 11.6 Å². The highest BCUT2D eigenvalue weighted by Gasteiger charge is 2.14. The molecular weight excluding hydrogens is 360 g/mol. The lowest BCUT2D eigenvalue weighted by Gasteiger charge is -2.03. The number of nitrogens with one attached hydrogen (secondary N) is 1. The van der Waals surface area contributed by atoms with E-state index in [1.54, 1.807) is 23.9 Å². The number of oxazole rings is 1.